The number of benzene rings is 1. The molecule has 2 aliphatic carbocycles. The first-order valence-corrected chi connectivity index (χ1v) is 7.44. The Labute approximate surface area is 119 Å². The standard InChI is InChI=1S/C16H21NO3/c18-9-10-20-12-7-5-11(6-8-12)17-16(19)15-13-3-1-2-4-14(13)15/h5-8,13-15,18H,1-4,9-10H2,(H,17,19). The van der Waals surface area contributed by atoms with Crippen LogP contribution < -0.4 is 10.1 Å². The van der Waals surface area contributed by atoms with Gasteiger partial charge in [-0.25, -0.2) is 0 Å². The number of fused-ring (bicyclic) bond motifs is 1. The van der Waals surface area contributed by atoms with Crippen molar-refractivity contribution in [2.45, 2.75) is 25.7 Å². The molecule has 0 aromatic heterocycles. The van der Waals surface area contributed by atoms with E-state index in [1.165, 1.54) is 25.7 Å². The Morgan fingerprint density at radius 2 is 1.85 bits per heavy atom. The predicted octanol–water partition coefficient (Wildman–Crippen LogP) is 2.43. The molecule has 0 radical (unpaired) electrons. The van der Waals surface area contributed by atoms with Crippen molar-refractivity contribution in [1.82, 2.24) is 0 Å². The van der Waals surface area contributed by atoms with Crippen LogP contribution in [-0.4, -0.2) is 24.2 Å². The van der Waals surface area contributed by atoms with Crippen molar-refractivity contribution in [1.29, 1.82) is 0 Å². The molecule has 0 spiro atoms. The molecule has 0 heterocycles. The van der Waals surface area contributed by atoms with Crippen LogP contribution >= 0.6 is 0 Å². The molecule has 1 aromatic rings. The summed E-state index contributed by atoms with van der Waals surface area (Å²) >= 11 is 0. The van der Waals surface area contributed by atoms with Crippen LogP contribution in [0.5, 0.6) is 5.75 Å². The van der Waals surface area contributed by atoms with E-state index in [9.17, 15) is 4.79 Å². The lowest BCUT2D eigenvalue weighted by Gasteiger charge is -2.07. The Hall–Kier alpha value is -1.55. The number of nitrogens with one attached hydrogen (secondary N) is 1. The van der Waals surface area contributed by atoms with Crippen LogP contribution in [-0.2, 0) is 4.79 Å². The van der Waals surface area contributed by atoms with Crippen LogP contribution in [0, 0.1) is 17.8 Å². The maximum Gasteiger partial charge on any atom is 0.228 e. The summed E-state index contributed by atoms with van der Waals surface area (Å²) in [7, 11) is 0. The van der Waals surface area contributed by atoms with Gasteiger partial charge >= 0.3 is 0 Å². The molecular formula is C16H21NO3. The zero-order valence-electron chi connectivity index (χ0n) is 11.5. The number of aliphatic hydroxyl groups excluding tert-OH is 1. The second-order valence-corrected chi connectivity index (χ2v) is 5.72. The Morgan fingerprint density at radius 3 is 2.45 bits per heavy atom. The minimum absolute atomic E-state index is 0.00292. The fourth-order valence-electron chi connectivity index (χ4n) is 3.40. The smallest absolute Gasteiger partial charge is 0.228 e. The van der Waals surface area contributed by atoms with Crippen LogP contribution in [0.15, 0.2) is 24.3 Å². The molecule has 0 saturated heterocycles. The van der Waals surface area contributed by atoms with Crippen LogP contribution in [0.2, 0.25) is 0 Å². The number of hydrogen-bond donors (Lipinski definition) is 2. The third-order valence-corrected chi connectivity index (χ3v) is 4.44. The number of anilines is 1. The van der Waals surface area contributed by atoms with Gasteiger partial charge in [0.05, 0.1) is 6.61 Å². The molecule has 2 atom stereocenters. The van der Waals surface area contributed by atoms with Crippen LogP contribution in [0.4, 0.5) is 5.69 Å². The van der Waals surface area contributed by atoms with Gasteiger partial charge in [0.25, 0.3) is 0 Å². The van der Waals surface area contributed by atoms with Crippen LogP contribution in [0.1, 0.15) is 25.7 Å². The third-order valence-electron chi connectivity index (χ3n) is 4.44. The fourth-order valence-corrected chi connectivity index (χ4v) is 3.40. The normalized spacial score (nSPS) is 27.6. The number of amides is 1. The van der Waals surface area contributed by atoms with E-state index in [2.05, 4.69) is 5.32 Å². The average Bonchev–Trinajstić information content (AvgIpc) is 3.21. The van der Waals surface area contributed by atoms with Gasteiger partial charge < -0.3 is 15.2 Å². The van der Waals surface area contributed by atoms with Gasteiger partial charge in [0, 0.05) is 11.6 Å². The third kappa shape index (κ3) is 2.80. The first kappa shape index (κ1) is 13.4. The molecule has 1 aromatic carbocycles. The SMILES string of the molecule is O=C(Nc1ccc(OCCO)cc1)C1C2CCCCC21. The lowest BCUT2D eigenvalue weighted by Crippen LogP contribution is -2.15. The highest BCUT2D eigenvalue weighted by Crippen LogP contribution is 2.55. The number of rotatable bonds is 5. The Kier molecular flexibility index (Phi) is 3.92. The molecule has 2 N–H and O–H groups in total. The molecule has 3 rings (SSSR count). The van der Waals surface area contributed by atoms with E-state index in [0.717, 1.165) is 5.69 Å². The van der Waals surface area contributed by atoms with Gasteiger partial charge in [-0.05, 0) is 48.9 Å². The highest BCUT2D eigenvalue weighted by Gasteiger charge is 2.54. The van der Waals surface area contributed by atoms with Gasteiger partial charge in [-0.15, -0.1) is 0 Å². The first-order valence-electron chi connectivity index (χ1n) is 7.44. The van der Waals surface area contributed by atoms with Crippen molar-refractivity contribution in [3.63, 3.8) is 0 Å². The van der Waals surface area contributed by atoms with E-state index in [1.807, 2.05) is 24.3 Å². The van der Waals surface area contributed by atoms with E-state index < -0.39 is 0 Å². The first-order chi connectivity index (χ1) is 9.79. The summed E-state index contributed by atoms with van der Waals surface area (Å²) in [5, 5.41) is 11.7. The molecule has 2 saturated carbocycles. The van der Waals surface area contributed by atoms with Crippen molar-refractivity contribution in [3.8, 4) is 5.75 Å². The summed E-state index contributed by atoms with van der Waals surface area (Å²) < 4.78 is 5.29. The molecule has 108 valence electrons. The number of hydrogen-bond acceptors (Lipinski definition) is 3. The Bertz CT molecular complexity index is 459. The molecular weight excluding hydrogens is 254 g/mol. The summed E-state index contributed by atoms with van der Waals surface area (Å²) in [6.07, 6.45) is 5.00. The Morgan fingerprint density at radius 1 is 1.20 bits per heavy atom. The molecule has 20 heavy (non-hydrogen) atoms. The maximum atomic E-state index is 12.2. The molecule has 2 aliphatic rings. The fraction of sp³-hybridized carbons (Fsp3) is 0.562. The van der Waals surface area contributed by atoms with E-state index >= 15 is 0 Å². The van der Waals surface area contributed by atoms with Crippen LogP contribution in [0.25, 0.3) is 0 Å². The molecule has 2 unspecified atom stereocenters. The van der Waals surface area contributed by atoms with Gasteiger partial charge in [0.15, 0.2) is 0 Å². The Balaban J connectivity index is 1.54. The van der Waals surface area contributed by atoms with E-state index in [1.54, 1.807) is 0 Å². The van der Waals surface area contributed by atoms with E-state index in [4.69, 9.17) is 9.84 Å². The van der Waals surface area contributed by atoms with Gasteiger partial charge in [0.1, 0.15) is 12.4 Å². The zero-order chi connectivity index (χ0) is 13.9. The van der Waals surface area contributed by atoms with Crippen molar-refractivity contribution < 1.29 is 14.6 Å². The lowest BCUT2D eigenvalue weighted by molar-refractivity contribution is -0.117. The van der Waals surface area contributed by atoms with Crippen molar-refractivity contribution in [3.05, 3.63) is 24.3 Å². The molecule has 1 amide bonds. The number of ether oxygens (including phenoxy) is 1. The topological polar surface area (TPSA) is 58.6 Å². The van der Waals surface area contributed by atoms with Crippen LogP contribution in [0.3, 0.4) is 0 Å². The molecule has 4 nitrogen and oxygen atoms in total. The molecule has 0 aliphatic heterocycles. The second-order valence-electron chi connectivity index (χ2n) is 5.72. The second kappa shape index (κ2) is 5.83. The minimum atomic E-state index is 0.00292. The molecule has 2 fully saturated rings. The molecule has 4 heteroatoms. The highest BCUT2D eigenvalue weighted by atomic mass is 16.5. The highest BCUT2D eigenvalue weighted by molar-refractivity contribution is 5.94. The van der Waals surface area contributed by atoms with Gasteiger partial charge in [-0.3, -0.25) is 4.79 Å². The largest absolute Gasteiger partial charge is 0.491 e. The van der Waals surface area contributed by atoms with E-state index in [0.29, 0.717) is 17.6 Å². The maximum absolute atomic E-state index is 12.2. The number of carbonyl (C=O) groups is 1. The summed E-state index contributed by atoms with van der Waals surface area (Å²) in [6.45, 7) is 0.292. The van der Waals surface area contributed by atoms with Gasteiger partial charge in [-0.1, -0.05) is 12.8 Å². The lowest BCUT2D eigenvalue weighted by atomic mass is 10.0. The minimum Gasteiger partial charge on any atom is -0.491 e. The molecule has 0 bridgehead atoms. The van der Waals surface area contributed by atoms with Crippen molar-refractivity contribution >= 4 is 11.6 Å². The number of aliphatic hydroxyl groups is 1. The summed E-state index contributed by atoms with van der Waals surface area (Å²) in [5.74, 6) is 2.39. The summed E-state index contributed by atoms with van der Waals surface area (Å²) in [5.41, 5.74) is 0.815. The van der Waals surface area contributed by atoms with Gasteiger partial charge in [0.2, 0.25) is 5.91 Å². The van der Waals surface area contributed by atoms with Crippen molar-refractivity contribution in [2.75, 3.05) is 18.5 Å². The monoisotopic (exact) mass is 275 g/mol. The number of carbonyl (C=O) groups excluding carboxylic acids is 1. The van der Waals surface area contributed by atoms with Crippen molar-refractivity contribution in [2.24, 2.45) is 17.8 Å². The predicted molar refractivity (Wildman–Crippen MR) is 76.6 cm³/mol. The summed E-state index contributed by atoms with van der Waals surface area (Å²) in [4.78, 5) is 12.2. The summed E-state index contributed by atoms with van der Waals surface area (Å²) in [6, 6.07) is 7.31. The average molecular weight is 275 g/mol. The zero-order valence-corrected chi connectivity index (χ0v) is 11.5. The van der Waals surface area contributed by atoms with E-state index in [-0.39, 0.29) is 25.0 Å². The van der Waals surface area contributed by atoms with Gasteiger partial charge in [-0.2, -0.15) is 0 Å². The quantitative estimate of drug-likeness (QED) is 0.867.